The third kappa shape index (κ3) is 1.90. The van der Waals surface area contributed by atoms with Crippen LogP contribution in [-0.4, -0.2) is 29.0 Å². The number of hydrogen-bond acceptors (Lipinski definition) is 3. The van der Waals surface area contributed by atoms with E-state index in [9.17, 15) is 0 Å². The molecule has 1 aliphatic heterocycles. The summed E-state index contributed by atoms with van der Waals surface area (Å²) < 4.78 is 7.21. The van der Waals surface area contributed by atoms with Crippen LogP contribution in [0.15, 0.2) is 6.07 Å². The lowest BCUT2D eigenvalue weighted by molar-refractivity contribution is 0.195. The highest BCUT2D eigenvalue weighted by molar-refractivity contribution is 5.38. The van der Waals surface area contributed by atoms with Crippen molar-refractivity contribution < 1.29 is 4.74 Å². The second-order valence-electron chi connectivity index (χ2n) is 3.70. The molecule has 4 heteroatoms. The van der Waals surface area contributed by atoms with Gasteiger partial charge < -0.3 is 10.1 Å². The number of aromatic nitrogens is 2. The van der Waals surface area contributed by atoms with Crippen LogP contribution in [0.5, 0.6) is 0 Å². The molecule has 0 aliphatic carbocycles. The smallest absolute Gasteiger partial charge is 0.124 e. The van der Waals surface area contributed by atoms with Gasteiger partial charge in [0.25, 0.3) is 0 Å². The van der Waals surface area contributed by atoms with Crippen molar-refractivity contribution in [2.75, 3.05) is 18.5 Å². The summed E-state index contributed by atoms with van der Waals surface area (Å²) in [6, 6.07) is 2.56. The van der Waals surface area contributed by atoms with Crippen molar-refractivity contribution in [1.29, 1.82) is 0 Å². The molecule has 0 bridgehead atoms. The van der Waals surface area contributed by atoms with Gasteiger partial charge in [-0.3, -0.25) is 4.68 Å². The Kier molecular flexibility index (Phi) is 2.72. The van der Waals surface area contributed by atoms with Gasteiger partial charge in [0.2, 0.25) is 0 Å². The fourth-order valence-electron chi connectivity index (χ4n) is 1.69. The second kappa shape index (κ2) is 4.00. The topological polar surface area (TPSA) is 39.1 Å². The van der Waals surface area contributed by atoms with Crippen molar-refractivity contribution in [3.05, 3.63) is 11.8 Å². The maximum atomic E-state index is 5.31. The SMILES string of the molecule is CCc1cc(NC2CCOC2)n(C)n1. The monoisotopic (exact) mass is 195 g/mol. The third-order valence-electron chi connectivity index (χ3n) is 2.57. The maximum Gasteiger partial charge on any atom is 0.124 e. The zero-order valence-corrected chi connectivity index (χ0v) is 8.79. The summed E-state index contributed by atoms with van der Waals surface area (Å²) in [4.78, 5) is 0. The van der Waals surface area contributed by atoms with E-state index in [4.69, 9.17) is 4.74 Å². The first-order valence-electron chi connectivity index (χ1n) is 5.16. The third-order valence-corrected chi connectivity index (χ3v) is 2.57. The predicted octanol–water partition coefficient (Wildman–Crippen LogP) is 1.18. The van der Waals surface area contributed by atoms with Crippen molar-refractivity contribution >= 4 is 5.82 Å². The van der Waals surface area contributed by atoms with Crippen molar-refractivity contribution in [3.8, 4) is 0 Å². The number of aryl methyl sites for hydroxylation is 2. The van der Waals surface area contributed by atoms with Gasteiger partial charge in [0, 0.05) is 19.7 Å². The molecular weight excluding hydrogens is 178 g/mol. The van der Waals surface area contributed by atoms with Crippen molar-refractivity contribution in [2.24, 2.45) is 7.05 Å². The quantitative estimate of drug-likeness (QED) is 0.787. The van der Waals surface area contributed by atoms with E-state index >= 15 is 0 Å². The zero-order valence-electron chi connectivity index (χ0n) is 8.79. The van der Waals surface area contributed by atoms with E-state index in [0.29, 0.717) is 6.04 Å². The summed E-state index contributed by atoms with van der Waals surface area (Å²) in [7, 11) is 1.97. The summed E-state index contributed by atoms with van der Waals surface area (Å²) in [6.07, 6.45) is 2.07. The summed E-state index contributed by atoms with van der Waals surface area (Å²) in [6.45, 7) is 3.80. The molecule has 0 radical (unpaired) electrons. The number of anilines is 1. The molecule has 1 aromatic heterocycles. The first-order chi connectivity index (χ1) is 6.79. The highest BCUT2D eigenvalue weighted by Crippen LogP contribution is 2.14. The van der Waals surface area contributed by atoms with Crippen molar-refractivity contribution in [1.82, 2.24) is 9.78 Å². The van der Waals surface area contributed by atoms with Crippen LogP contribution in [0.4, 0.5) is 5.82 Å². The van der Waals surface area contributed by atoms with Gasteiger partial charge in [0.1, 0.15) is 5.82 Å². The van der Waals surface area contributed by atoms with Crippen molar-refractivity contribution in [3.63, 3.8) is 0 Å². The van der Waals surface area contributed by atoms with Crippen LogP contribution in [0.25, 0.3) is 0 Å². The maximum absolute atomic E-state index is 5.31. The van der Waals surface area contributed by atoms with Gasteiger partial charge in [-0.25, -0.2) is 0 Å². The van der Waals surface area contributed by atoms with E-state index in [1.54, 1.807) is 0 Å². The molecular formula is C10H17N3O. The Morgan fingerprint density at radius 1 is 1.71 bits per heavy atom. The van der Waals surface area contributed by atoms with Gasteiger partial charge in [-0.2, -0.15) is 5.10 Å². The summed E-state index contributed by atoms with van der Waals surface area (Å²) in [5.74, 6) is 1.09. The number of nitrogens with zero attached hydrogens (tertiary/aromatic N) is 2. The molecule has 0 aromatic carbocycles. The Morgan fingerprint density at radius 3 is 3.14 bits per heavy atom. The van der Waals surface area contributed by atoms with Gasteiger partial charge in [-0.05, 0) is 12.8 Å². The first kappa shape index (κ1) is 9.52. The minimum absolute atomic E-state index is 0.454. The fourth-order valence-corrected chi connectivity index (χ4v) is 1.69. The average Bonchev–Trinajstić information content (AvgIpc) is 2.78. The Bertz CT molecular complexity index is 302. The molecule has 1 unspecified atom stereocenters. The van der Waals surface area contributed by atoms with E-state index in [1.807, 2.05) is 11.7 Å². The van der Waals surface area contributed by atoms with Gasteiger partial charge in [-0.15, -0.1) is 0 Å². The van der Waals surface area contributed by atoms with Crippen LogP contribution in [0.3, 0.4) is 0 Å². The molecule has 1 aromatic rings. The van der Waals surface area contributed by atoms with Crippen LogP contribution < -0.4 is 5.32 Å². The lowest BCUT2D eigenvalue weighted by Gasteiger charge is -2.11. The fraction of sp³-hybridized carbons (Fsp3) is 0.700. The molecule has 78 valence electrons. The molecule has 0 saturated carbocycles. The molecule has 1 N–H and O–H groups in total. The van der Waals surface area contributed by atoms with E-state index in [-0.39, 0.29) is 0 Å². The molecule has 2 heterocycles. The molecule has 0 spiro atoms. The summed E-state index contributed by atoms with van der Waals surface area (Å²) in [5, 5.41) is 7.82. The van der Waals surface area contributed by atoms with Crippen LogP contribution in [0, 0.1) is 0 Å². The number of hydrogen-bond donors (Lipinski definition) is 1. The Hall–Kier alpha value is -1.03. The molecule has 1 saturated heterocycles. The van der Waals surface area contributed by atoms with Gasteiger partial charge in [0.05, 0.1) is 18.3 Å². The standard InChI is InChI=1S/C10H17N3O/c1-3-8-6-10(13(2)12-8)11-9-4-5-14-7-9/h6,9,11H,3-5,7H2,1-2H3. The molecule has 2 rings (SSSR count). The molecule has 1 atom stereocenters. The average molecular weight is 195 g/mol. The van der Waals surface area contributed by atoms with E-state index < -0.39 is 0 Å². The minimum atomic E-state index is 0.454. The Balaban J connectivity index is 2.03. The molecule has 0 amide bonds. The highest BCUT2D eigenvalue weighted by atomic mass is 16.5. The summed E-state index contributed by atoms with van der Waals surface area (Å²) >= 11 is 0. The van der Waals surface area contributed by atoms with Gasteiger partial charge >= 0.3 is 0 Å². The first-order valence-corrected chi connectivity index (χ1v) is 5.16. The predicted molar refractivity (Wildman–Crippen MR) is 55.4 cm³/mol. The van der Waals surface area contributed by atoms with Crippen LogP contribution >= 0.6 is 0 Å². The van der Waals surface area contributed by atoms with Gasteiger partial charge in [-0.1, -0.05) is 6.92 Å². The summed E-state index contributed by atoms with van der Waals surface area (Å²) in [5.41, 5.74) is 1.13. The lowest BCUT2D eigenvalue weighted by atomic mass is 10.2. The van der Waals surface area contributed by atoms with E-state index in [1.165, 1.54) is 0 Å². The number of rotatable bonds is 3. The second-order valence-corrected chi connectivity index (χ2v) is 3.70. The highest BCUT2D eigenvalue weighted by Gasteiger charge is 2.16. The molecule has 1 aliphatic rings. The zero-order chi connectivity index (χ0) is 9.97. The Morgan fingerprint density at radius 2 is 2.57 bits per heavy atom. The lowest BCUT2D eigenvalue weighted by Crippen LogP contribution is -2.20. The molecule has 14 heavy (non-hydrogen) atoms. The molecule has 4 nitrogen and oxygen atoms in total. The normalized spacial score (nSPS) is 21.4. The van der Waals surface area contributed by atoms with Crippen LogP contribution in [0.2, 0.25) is 0 Å². The Labute approximate surface area is 84.3 Å². The minimum Gasteiger partial charge on any atom is -0.379 e. The van der Waals surface area contributed by atoms with Crippen LogP contribution in [-0.2, 0) is 18.2 Å². The number of ether oxygens (including phenoxy) is 1. The van der Waals surface area contributed by atoms with Crippen LogP contribution in [0.1, 0.15) is 19.0 Å². The van der Waals surface area contributed by atoms with E-state index in [0.717, 1.165) is 37.6 Å². The number of nitrogens with one attached hydrogen (secondary N) is 1. The van der Waals surface area contributed by atoms with Crippen molar-refractivity contribution in [2.45, 2.75) is 25.8 Å². The molecule has 1 fully saturated rings. The van der Waals surface area contributed by atoms with Gasteiger partial charge in [0.15, 0.2) is 0 Å². The van der Waals surface area contributed by atoms with E-state index in [2.05, 4.69) is 23.4 Å². The largest absolute Gasteiger partial charge is 0.379 e.